The Hall–Kier alpha value is -6.27. The minimum absolute atomic E-state index is 0.858. The van der Waals surface area contributed by atoms with Crippen LogP contribution in [0, 0.1) is 0 Å². The van der Waals surface area contributed by atoms with E-state index in [1.54, 1.807) is 0 Å². The lowest BCUT2D eigenvalue weighted by molar-refractivity contribution is 0.959. The second-order valence-electron chi connectivity index (χ2n) is 11.5. The smallest absolute Gasteiger partial charge is 0.145 e. The molecule has 3 aromatic heterocycles. The van der Waals surface area contributed by atoms with Crippen LogP contribution in [0.25, 0.3) is 78.6 Å². The highest BCUT2D eigenvalue weighted by Gasteiger charge is 2.21. The number of aryl methyl sites for hydroxylation is 1. The Morgan fingerprint density at radius 2 is 0.717 bits per heavy atom. The molecule has 218 valence electrons. The van der Waals surface area contributed by atoms with Gasteiger partial charge in [-0.1, -0.05) is 72.8 Å². The zero-order valence-corrected chi connectivity index (χ0v) is 25.1. The van der Waals surface area contributed by atoms with Gasteiger partial charge in [0.2, 0.25) is 0 Å². The third-order valence-corrected chi connectivity index (χ3v) is 8.65. The maximum absolute atomic E-state index is 5.23. The summed E-state index contributed by atoms with van der Waals surface area (Å²) in [6, 6.07) is 52.4. The number of hydrogen-bond acceptors (Lipinski definition) is 3. The van der Waals surface area contributed by atoms with Crippen molar-refractivity contribution in [3.05, 3.63) is 152 Å². The molecule has 0 saturated carbocycles. The number of fused-ring (bicyclic) bond motifs is 3. The third kappa shape index (κ3) is 4.15. The van der Waals surface area contributed by atoms with Gasteiger partial charge >= 0.3 is 0 Å². The molecule has 0 radical (unpaired) electrons. The van der Waals surface area contributed by atoms with Crippen LogP contribution >= 0.6 is 0 Å². The molecule has 46 heavy (non-hydrogen) atoms. The molecule has 0 unspecified atom stereocenters. The topological polar surface area (TPSA) is 53.5 Å². The molecule has 0 aliphatic carbocycles. The van der Waals surface area contributed by atoms with E-state index in [0.29, 0.717) is 0 Å². The minimum atomic E-state index is 0.858. The lowest BCUT2D eigenvalue weighted by Gasteiger charge is -2.14. The quantitative estimate of drug-likeness (QED) is 0.200. The highest BCUT2D eigenvalue weighted by Crippen LogP contribution is 2.37. The predicted molar refractivity (Wildman–Crippen MR) is 186 cm³/mol. The second-order valence-corrected chi connectivity index (χ2v) is 11.5. The molecule has 0 amide bonds. The maximum atomic E-state index is 5.23. The summed E-state index contributed by atoms with van der Waals surface area (Å²) in [5, 5.41) is 0. The number of aromatic nitrogens is 6. The molecule has 0 spiro atoms. The lowest BCUT2D eigenvalue weighted by Crippen LogP contribution is -2.01. The van der Waals surface area contributed by atoms with Crippen molar-refractivity contribution in [1.82, 2.24) is 28.7 Å². The third-order valence-electron chi connectivity index (χ3n) is 8.65. The van der Waals surface area contributed by atoms with Crippen LogP contribution < -0.4 is 0 Å². The standard InChI is InChI=1S/C40H28N6/c1-44-35-21-11-8-18-32(35)41-38(44)27-24-28(39-42-33-19-9-12-22-36(33)45(39)30-14-4-2-5-15-30)26-29(25-27)40-43-34-20-10-13-23-37(34)46(40)31-16-6-3-7-17-31/h2-26H,1H3. The molecule has 0 N–H and O–H groups in total. The van der Waals surface area contributed by atoms with Crippen molar-refractivity contribution in [2.24, 2.45) is 7.05 Å². The molecule has 0 bridgehead atoms. The molecule has 6 nitrogen and oxygen atoms in total. The predicted octanol–water partition coefficient (Wildman–Crippen LogP) is 9.25. The van der Waals surface area contributed by atoms with Crippen molar-refractivity contribution >= 4 is 33.1 Å². The molecule has 9 rings (SSSR count). The van der Waals surface area contributed by atoms with Gasteiger partial charge in [-0.25, -0.2) is 15.0 Å². The van der Waals surface area contributed by atoms with Crippen molar-refractivity contribution < 1.29 is 0 Å². The van der Waals surface area contributed by atoms with Crippen LogP contribution in [0.15, 0.2) is 152 Å². The van der Waals surface area contributed by atoms with E-state index in [2.05, 4.69) is 142 Å². The molecule has 0 aliphatic heterocycles. The molecule has 9 aromatic rings. The van der Waals surface area contributed by atoms with Crippen molar-refractivity contribution in [3.63, 3.8) is 0 Å². The van der Waals surface area contributed by atoms with Crippen LogP contribution in [-0.4, -0.2) is 28.7 Å². The average molecular weight is 593 g/mol. The first-order valence-corrected chi connectivity index (χ1v) is 15.4. The van der Waals surface area contributed by atoms with E-state index < -0.39 is 0 Å². The molecule has 3 heterocycles. The lowest BCUT2D eigenvalue weighted by atomic mass is 10.0. The van der Waals surface area contributed by atoms with Crippen LogP contribution in [0.5, 0.6) is 0 Å². The van der Waals surface area contributed by atoms with Gasteiger partial charge in [0, 0.05) is 35.1 Å². The van der Waals surface area contributed by atoms with Gasteiger partial charge in [-0.15, -0.1) is 0 Å². The molecule has 6 aromatic carbocycles. The monoisotopic (exact) mass is 592 g/mol. The van der Waals surface area contributed by atoms with Crippen molar-refractivity contribution in [2.45, 2.75) is 0 Å². The van der Waals surface area contributed by atoms with Gasteiger partial charge in [0.25, 0.3) is 0 Å². The number of nitrogens with zero attached hydrogens (tertiary/aromatic N) is 6. The van der Waals surface area contributed by atoms with E-state index in [9.17, 15) is 0 Å². The molecule has 6 heteroatoms. The molecule has 0 aliphatic rings. The summed E-state index contributed by atoms with van der Waals surface area (Å²) in [7, 11) is 2.08. The summed E-state index contributed by atoms with van der Waals surface area (Å²) < 4.78 is 6.65. The summed E-state index contributed by atoms with van der Waals surface area (Å²) in [6.07, 6.45) is 0. The first kappa shape index (κ1) is 26.2. The number of benzene rings is 6. The Kier molecular flexibility index (Phi) is 5.93. The Bertz CT molecular complexity index is 2400. The van der Waals surface area contributed by atoms with E-state index in [-0.39, 0.29) is 0 Å². The maximum Gasteiger partial charge on any atom is 0.145 e. The fourth-order valence-electron chi connectivity index (χ4n) is 6.53. The summed E-state index contributed by atoms with van der Waals surface area (Å²) in [5.41, 5.74) is 11.1. The van der Waals surface area contributed by atoms with Gasteiger partial charge in [-0.05, 0) is 78.9 Å². The largest absolute Gasteiger partial charge is 0.327 e. The molecule has 0 fully saturated rings. The number of rotatable bonds is 5. The molecular formula is C40H28N6. The van der Waals surface area contributed by atoms with Crippen LogP contribution in [0.1, 0.15) is 0 Å². The van der Waals surface area contributed by atoms with Gasteiger partial charge < -0.3 is 4.57 Å². The Morgan fingerprint density at radius 3 is 1.17 bits per heavy atom. The van der Waals surface area contributed by atoms with E-state index in [4.69, 9.17) is 15.0 Å². The molecular weight excluding hydrogens is 564 g/mol. The van der Waals surface area contributed by atoms with Crippen LogP contribution in [0.2, 0.25) is 0 Å². The first-order chi connectivity index (χ1) is 22.7. The zero-order valence-electron chi connectivity index (χ0n) is 25.1. The SMILES string of the molecule is Cn1c(-c2cc(-c3nc4ccccc4n3-c3ccccc3)cc(-c3nc4ccccc4n3-c3ccccc3)c2)nc2ccccc21. The van der Waals surface area contributed by atoms with Crippen LogP contribution in [-0.2, 0) is 7.05 Å². The summed E-state index contributed by atoms with van der Waals surface area (Å²) >= 11 is 0. The van der Waals surface area contributed by atoms with Crippen molar-refractivity contribution in [1.29, 1.82) is 0 Å². The van der Waals surface area contributed by atoms with E-state index >= 15 is 0 Å². The van der Waals surface area contributed by atoms with Crippen LogP contribution in [0.4, 0.5) is 0 Å². The minimum Gasteiger partial charge on any atom is -0.327 e. The summed E-state index contributed by atoms with van der Waals surface area (Å²) in [4.78, 5) is 15.6. The normalized spacial score (nSPS) is 11.6. The molecule has 0 saturated heterocycles. The highest BCUT2D eigenvalue weighted by molar-refractivity contribution is 5.89. The van der Waals surface area contributed by atoms with Gasteiger partial charge in [0.1, 0.15) is 17.5 Å². The number of para-hydroxylation sites is 8. The Labute approximate surface area is 265 Å². The van der Waals surface area contributed by atoms with Crippen molar-refractivity contribution in [2.75, 3.05) is 0 Å². The number of imidazole rings is 3. The summed E-state index contributed by atoms with van der Waals surface area (Å²) in [6.45, 7) is 0. The van der Waals surface area contributed by atoms with Crippen molar-refractivity contribution in [3.8, 4) is 45.5 Å². The summed E-state index contributed by atoms with van der Waals surface area (Å²) in [5.74, 6) is 2.60. The first-order valence-electron chi connectivity index (χ1n) is 15.4. The zero-order chi connectivity index (χ0) is 30.6. The fraction of sp³-hybridized carbons (Fsp3) is 0.0250. The highest BCUT2D eigenvalue weighted by atomic mass is 15.1. The van der Waals surface area contributed by atoms with Gasteiger partial charge in [-0.2, -0.15) is 0 Å². The van der Waals surface area contributed by atoms with Gasteiger partial charge in [0.05, 0.1) is 33.1 Å². The fourth-order valence-corrected chi connectivity index (χ4v) is 6.53. The average Bonchev–Trinajstić information content (AvgIpc) is 3.80. The number of hydrogen-bond donors (Lipinski definition) is 0. The second kappa shape index (κ2) is 10.4. The van der Waals surface area contributed by atoms with Crippen LogP contribution in [0.3, 0.4) is 0 Å². The van der Waals surface area contributed by atoms with Gasteiger partial charge in [0.15, 0.2) is 0 Å². The van der Waals surface area contributed by atoms with E-state index in [1.165, 1.54) is 0 Å². The molecule has 0 atom stereocenters. The van der Waals surface area contributed by atoms with Gasteiger partial charge in [-0.3, -0.25) is 9.13 Å². The van der Waals surface area contributed by atoms with E-state index in [0.717, 1.165) is 78.6 Å². The Balaban J connectivity index is 1.37. The Morgan fingerprint density at radius 1 is 0.370 bits per heavy atom. The van der Waals surface area contributed by atoms with E-state index in [1.807, 2.05) is 30.3 Å².